The maximum absolute atomic E-state index is 9.10. The van der Waals surface area contributed by atoms with Crippen molar-refractivity contribution < 1.29 is 19.8 Å². The van der Waals surface area contributed by atoms with Crippen LogP contribution in [0.25, 0.3) is 0 Å². The first-order valence-electron chi connectivity index (χ1n) is 8.29. The zero-order chi connectivity index (χ0) is 17.9. The molecule has 0 aliphatic carbocycles. The summed E-state index contributed by atoms with van der Waals surface area (Å²) in [7, 11) is 0. The van der Waals surface area contributed by atoms with Gasteiger partial charge < -0.3 is 10.2 Å². The Bertz CT molecular complexity index is 486. The SMILES string of the molecule is CCC(CC)N1CCN(Cc2cccnc2)CC1.O=C(O)C(=O)O. The lowest BCUT2D eigenvalue weighted by atomic mass is 10.1. The summed E-state index contributed by atoms with van der Waals surface area (Å²) in [6, 6.07) is 4.97. The van der Waals surface area contributed by atoms with Gasteiger partial charge in [-0.2, -0.15) is 0 Å². The van der Waals surface area contributed by atoms with Crippen LogP contribution >= 0.6 is 0 Å². The predicted octanol–water partition coefficient (Wildman–Crippen LogP) is 1.54. The molecule has 2 rings (SSSR count). The monoisotopic (exact) mass is 337 g/mol. The largest absolute Gasteiger partial charge is 0.473 e. The highest BCUT2D eigenvalue weighted by atomic mass is 16.4. The standard InChI is InChI=1S/C15H25N3.C2H2O4/c1-3-15(4-2)18-10-8-17(9-11-18)13-14-6-5-7-16-12-14;3-1(4)2(5)6/h5-7,12,15H,3-4,8-11,13H2,1-2H3;(H,3,4)(H,5,6). The van der Waals surface area contributed by atoms with Gasteiger partial charge in [-0.25, -0.2) is 9.59 Å². The molecule has 0 radical (unpaired) electrons. The average Bonchev–Trinajstić information content (AvgIpc) is 2.59. The van der Waals surface area contributed by atoms with Crippen molar-refractivity contribution in [1.82, 2.24) is 14.8 Å². The fraction of sp³-hybridized carbons (Fsp3) is 0.588. The van der Waals surface area contributed by atoms with Crippen LogP contribution in [0.15, 0.2) is 24.5 Å². The van der Waals surface area contributed by atoms with E-state index in [0.29, 0.717) is 0 Å². The van der Waals surface area contributed by atoms with Gasteiger partial charge in [0.1, 0.15) is 0 Å². The van der Waals surface area contributed by atoms with Crippen molar-refractivity contribution in [2.45, 2.75) is 39.3 Å². The third kappa shape index (κ3) is 7.06. The van der Waals surface area contributed by atoms with Gasteiger partial charge >= 0.3 is 11.9 Å². The number of nitrogens with zero attached hydrogens (tertiary/aromatic N) is 3. The molecule has 1 aliphatic heterocycles. The number of carboxylic acid groups (broad SMARTS) is 2. The van der Waals surface area contributed by atoms with Crippen LogP contribution in [0.1, 0.15) is 32.3 Å². The fourth-order valence-electron chi connectivity index (χ4n) is 2.84. The van der Waals surface area contributed by atoms with Crippen LogP contribution < -0.4 is 0 Å². The Hall–Kier alpha value is -1.99. The van der Waals surface area contributed by atoms with Crippen LogP contribution in [-0.2, 0) is 16.1 Å². The fourth-order valence-corrected chi connectivity index (χ4v) is 2.84. The van der Waals surface area contributed by atoms with Crippen LogP contribution in [0, 0.1) is 0 Å². The molecule has 7 heteroatoms. The number of aromatic nitrogens is 1. The second kappa shape index (κ2) is 10.7. The van der Waals surface area contributed by atoms with Crippen molar-refractivity contribution in [2.24, 2.45) is 0 Å². The van der Waals surface area contributed by atoms with Gasteiger partial charge in [0.15, 0.2) is 0 Å². The van der Waals surface area contributed by atoms with Crippen molar-refractivity contribution in [2.75, 3.05) is 26.2 Å². The number of carboxylic acids is 2. The van der Waals surface area contributed by atoms with E-state index in [2.05, 4.69) is 34.7 Å². The van der Waals surface area contributed by atoms with Gasteiger partial charge in [-0.05, 0) is 24.5 Å². The molecule has 7 nitrogen and oxygen atoms in total. The normalized spacial score (nSPS) is 15.6. The molecular weight excluding hydrogens is 310 g/mol. The summed E-state index contributed by atoms with van der Waals surface area (Å²) in [5, 5.41) is 14.8. The summed E-state index contributed by atoms with van der Waals surface area (Å²) in [5.74, 6) is -3.65. The first-order chi connectivity index (χ1) is 11.5. The molecule has 0 aromatic carbocycles. The second-order valence-corrected chi connectivity index (χ2v) is 5.75. The highest BCUT2D eigenvalue weighted by molar-refractivity contribution is 6.27. The van der Waals surface area contributed by atoms with E-state index in [9.17, 15) is 0 Å². The first kappa shape index (κ1) is 20.1. The van der Waals surface area contributed by atoms with E-state index in [1.807, 2.05) is 18.5 Å². The van der Waals surface area contributed by atoms with Crippen molar-refractivity contribution in [3.8, 4) is 0 Å². The molecule has 0 unspecified atom stereocenters. The quantitative estimate of drug-likeness (QED) is 0.787. The highest BCUT2D eigenvalue weighted by Crippen LogP contribution is 2.13. The maximum Gasteiger partial charge on any atom is 0.414 e. The lowest BCUT2D eigenvalue weighted by Crippen LogP contribution is -2.49. The summed E-state index contributed by atoms with van der Waals surface area (Å²) in [6.45, 7) is 10.5. The molecular formula is C17H27N3O4. The summed E-state index contributed by atoms with van der Waals surface area (Å²) < 4.78 is 0. The van der Waals surface area contributed by atoms with Crippen LogP contribution in [0.5, 0.6) is 0 Å². The number of pyridine rings is 1. The molecule has 1 aromatic rings. The Morgan fingerprint density at radius 3 is 2.12 bits per heavy atom. The summed E-state index contributed by atoms with van der Waals surface area (Å²) in [5.41, 5.74) is 1.33. The van der Waals surface area contributed by atoms with Crippen molar-refractivity contribution in [1.29, 1.82) is 0 Å². The molecule has 0 bridgehead atoms. The Labute approximate surface area is 142 Å². The number of piperazine rings is 1. The zero-order valence-corrected chi connectivity index (χ0v) is 14.4. The Balaban J connectivity index is 0.000000413. The van der Waals surface area contributed by atoms with E-state index in [-0.39, 0.29) is 0 Å². The van der Waals surface area contributed by atoms with E-state index in [1.165, 1.54) is 44.6 Å². The van der Waals surface area contributed by atoms with Crippen LogP contribution in [0.2, 0.25) is 0 Å². The van der Waals surface area contributed by atoms with Gasteiger partial charge in [-0.3, -0.25) is 14.8 Å². The minimum absolute atomic E-state index is 0.783. The Morgan fingerprint density at radius 2 is 1.71 bits per heavy atom. The molecule has 0 atom stereocenters. The molecule has 2 N–H and O–H groups in total. The van der Waals surface area contributed by atoms with Crippen LogP contribution in [0.4, 0.5) is 0 Å². The molecule has 1 fully saturated rings. The van der Waals surface area contributed by atoms with Crippen molar-refractivity contribution in [3.63, 3.8) is 0 Å². The van der Waals surface area contributed by atoms with E-state index >= 15 is 0 Å². The minimum atomic E-state index is -1.82. The molecule has 1 aliphatic rings. The molecule has 2 heterocycles. The lowest BCUT2D eigenvalue weighted by molar-refractivity contribution is -0.159. The molecule has 0 amide bonds. The summed E-state index contributed by atoms with van der Waals surface area (Å²) >= 11 is 0. The molecule has 134 valence electrons. The number of hydrogen-bond acceptors (Lipinski definition) is 5. The van der Waals surface area contributed by atoms with Gasteiger partial charge in [0.25, 0.3) is 0 Å². The number of rotatable bonds is 5. The molecule has 1 saturated heterocycles. The van der Waals surface area contributed by atoms with E-state index in [4.69, 9.17) is 19.8 Å². The van der Waals surface area contributed by atoms with E-state index in [1.54, 1.807) is 0 Å². The topological polar surface area (TPSA) is 94.0 Å². The van der Waals surface area contributed by atoms with Crippen LogP contribution in [-0.4, -0.2) is 69.2 Å². The second-order valence-electron chi connectivity index (χ2n) is 5.75. The minimum Gasteiger partial charge on any atom is -0.473 e. The highest BCUT2D eigenvalue weighted by Gasteiger charge is 2.21. The third-order valence-electron chi connectivity index (χ3n) is 4.18. The first-order valence-corrected chi connectivity index (χ1v) is 8.29. The maximum atomic E-state index is 9.10. The smallest absolute Gasteiger partial charge is 0.414 e. The van der Waals surface area contributed by atoms with Gasteiger partial charge in [0.05, 0.1) is 0 Å². The third-order valence-corrected chi connectivity index (χ3v) is 4.18. The number of hydrogen-bond donors (Lipinski definition) is 2. The lowest BCUT2D eigenvalue weighted by Gasteiger charge is -2.38. The van der Waals surface area contributed by atoms with Gasteiger partial charge in [-0.1, -0.05) is 19.9 Å². The van der Waals surface area contributed by atoms with Crippen molar-refractivity contribution >= 4 is 11.9 Å². The van der Waals surface area contributed by atoms with E-state index < -0.39 is 11.9 Å². The van der Waals surface area contributed by atoms with Gasteiger partial charge in [0.2, 0.25) is 0 Å². The van der Waals surface area contributed by atoms with Gasteiger partial charge in [-0.15, -0.1) is 0 Å². The molecule has 24 heavy (non-hydrogen) atoms. The van der Waals surface area contributed by atoms with Crippen LogP contribution in [0.3, 0.4) is 0 Å². The van der Waals surface area contributed by atoms with Gasteiger partial charge in [0, 0.05) is 51.2 Å². The Kier molecular flexibility index (Phi) is 8.96. The number of aliphatic carboxylic acids is 2. The number of carbonyl (C=O) groups is 2. The summed E-state index contributed by atoms with van der Waals surface area (Å²) in [4.78, 5) is 27.6. The Morgan fingerprint density at radius 1 is 1.12 bits per heavy atom. The zero-order valence-electron chi connectivity index (χ0n) is 14.4. The van der Waals surface area contributed by atoms with E-state index in [0.717, 1.165) is 12.6 Å². The summed E-state index contributed by atoms with van der Waals surface area (Å²) in [6.07, 6.45) is 6.38. The average molecular weight is 337 g/mol. The van der Waals surface area contributed by atoms with Crippen molar-refractivity contribution in [3.05, 3.63) is 30.1 Å². The molecule has 1 aromatic heterocycles. The molecule has 0 saturated carbocycles. The predicted molar refractivity (Wildman–Crippen MR) is 90.7 cm³/mol. The molecule has 0 spiro atoms.